The van der Waals surface area contributed by atoms with Crippen LogP contribution >= 0.6 is 11.3 Å². The summed E-state index contributed by atoms with van der Waals surface area (Å²) in [4.78, 5) is 8.52. The number of ether oxygens (including phenoxy) is 1. The van der Waals surface area contributed by atoms with Crippen LogP contribution in [0.3, 0.4) is 0 Å². The third-order valence-electron chi connectivity index (χ3n) is 3.77. The highest BCUT2D eigenvalue weighted by Gasteiger charge is 2.20. The van der Waals surface area contributed by atoms with Gasteiger partial charge in [0, 0.05) is 11.8 Å². The normalized spacial score (nSPS) is 15.2. The van der Waals surface area contributed by atoms with Crippen LogP contribution in [0.15, 0.2) is 42.2 Å². The van der Waals surface area contributed by atoms with Gasteiger partial charge >= 0.3 is 0 Å². The van der Waals surface area contributed by atoms with E-state index in [4.69, 9.17) is 4.74 Å². The molecule has 1 fully saturated rings. The molecule has 3 nitrogen and oxygen atoms in total. The number of nitrogens with zero attached hydrogens (tertiary/aromatic N) is 2. The summed E-state index contributed by atoms with van der Waals surface area (Å²) in [6.07, 6.45) is 7.59. The number of hydrogen-bond donors (Lipinski definition) is 0. The van der Waals surface area contributed by atoms with Crippen LogP contribution in [0.5, 0.6) is 5.75 Å². The minimum absolute atomic E-state index is 0.366. The molecule has 0 radical (unpaired) electrons. The lowest BCUT2D eigenvalue weighted by atomic mass is 9.96. The summed E-state index contributed by atoms with van der Waals surface area (Å²) in [5.74, 6) is 0.890. The van der Waals surface area contributed by atoms with E-state index in [0.29, 0.717) is 6.10 Å². The van der Waals surface area contributed by atoms with Crippen molar-refractivity contribution >= 4 is 21.6 Å². The molecule has 20 heavy (non-hydrogen) atoms. The van der Waals surface area contributed by atoms with Gasteiger partial charge in [0.15, 0.2) is 0 Å². The van der Waals surface area contributed by atoms with Crippen molar-refractivity contribution in [2.24, 2.45) is 0 Å². The lowest BCUT2D eigenvalue weighted by molar-refractivity contribution is 0.120. The first-order valence-electron chi connectivity index (χ1n) is 6.84. The van der Waals surface area contributed by atoms with Gasteiger partial charge in [0.1, 0.15) is 5.75 Å². The van der Waals surface area contributed by atoms with E-state index in [1.807, 2.05) is 24.0 Å². The fourth-order valence-electron chi connectivity index (χ4n) is 2.40. The van der Waals surface area contributed by atoms with Crippen molar-refractivity contribution in [1.29, 1.82) is 0 Å². The van der Waals surface area contributed by atoms with Crippen LogP contribution in [0.2, 0.25) is 0 Å². The van der Waals surface area contributed by atoms with E-state index in [9.17, 15) is 0 Å². The SMILES string of the molecule is c1cc(-c2ccc3ncsc3c2)c(OC2CCC2)cn1. The zero-order valence-corrected chi connectivity index (χ0v) is 11.8. The summed E-state index contributed by atoms with van der Waals surface area (Å²) in [7, 11) is 0. The van der Waals surface area contributed by atoms with Gasteiger partial charge in [-0.25, -0.2) is 4.98 Å². The van der Waals surface area contributed by atoms with Gasteiger partial charge in [0.2, 0.25) is 0 Å². The molecule has 0 spiro atoms. The van der Waals surface area contributed by atoms with E-state index in [1.54, 1.807) is 11.3 Å². The summed E-state index contributed by atoms with van der Waals surface area (Å²) in [5.41, 5.74) is 5.21. The topological polar surface area (TPSA) is 35.0 Å². The average molecular weight is 282 g/mol. The summed E-state index contributed by atoms with van der Waals surface area (Å²) in [5, 5.41) is 0. The molecule has 0 N–H and O–H groups in total. The Morgan fingerprint density at radius 1 is 1.20 bits per heavy atom. The summed E-state index contributed by atoms with van der Waals surface area (Å²) >= 11 is 1.66. The first-order chi connectivity index (χ1) is 9.90. The zero-order chi connectivity index (χ0) is 13.4. The van der Waals surface area contributed by atoms with Gasteiger partial charge in [0.05, 0.1) is 28.0 Å². The molecule has 0 amide bonds. The number of pyridine rings is 1. The molecular formula is C16H14N2OS. The second-order valence-corrected chi connectivity index (χ2v) is 5.96. The first-order valence-corrected chi connectivity index (χ1v) is 7.72. The first kappa shape index (κ1) is 11.9. The molecule has 1 aliphatic carbocycles. The molecule has 1 saturated carbocycles. The smallest absolute Gasteiger partial charge is 0.145 e. The lowest BCUT2D eigenvalue weighted by Crippen LogP contribution is -2.24. The van der Waals surface area contributed by atoms with Crippen molar-refractivity contribution in [3.63, 3.8) is 0 Å². The standard InChI is InChI=1S/C16H14N2OS/c1-2-12(3-1)19-15-9-17-7-6-13(15)11-4-5-14-16(8-11)20-10-18-14/h4-10,12H,1-3H2. The molecule has 0 unspecified atom stereocenters. The van der Waals surface area contributed by atoms with Crippen LogP contribution in [0.25, 0.3) is 21.3 Å². The molecule has 0 atom stereocenters. The summed E-state index contributed by atoms with van der Waals surface area (Å²) < 4.78 is 7.26. The molecule has 2 heterocycles. The molecule has 0 bridgehead atoms. The minimum Gasteiger partial charge on any atom is -0.488 e. The molecule has 0 saturated heterocycles. The molecule has 4 heteroatoms. The van der Waals surface area contributed by atoms with Crippen molar-refractivity contribution in [2.75, 3.05) is 0 Å². The number of rotatable bonds is 3. The molecule has 3 aromatic rings. The molecule has 4 rings (SSSR count). The van der Waals surface area contributed by atoms with E-state index in [-0.39, 0.29) is 0 Å². The van der Waals surface area contributed by atoms with Gasteiger partial charge in [-0.3, -0.25) is 4.98 Å². The highest BCUT2D eigenvalue weighted by atomic mass is 32.1. The van der Waals surface area contributed by atoms with E-state index < -0.39 is 0 Å². The second-order valence-electron chi connectivity index (χ2n) is 5.08. The zero-order valence-electron chi connectivity index (χ0n) is 11.0. The highest BCUT2D eigenvalue weighted by Crippen LogP contribution is 2.34. The van der Waals surface area contributed by atoms with E-state index in [0.717, 1.165) is 29.7 Å². The Hall–Kier alpha value is -1.94. The van der Waals surface area contributed by atoms with Crippen molar-refractivity contribution < 1.29 is 4.74 Å². The third kappa shape index (κ3) is 2.06. The summed E-state index contributed by atoms with van der Waals surface area (Å²) in [6, 6.07) is 8.37. The van der Waals surface area contributed by atoms with Crippen LogP contribution in [-0.2, 0) is 0 Å². The van der Waals surface area contributed by atoms with E-state index in [2.05, 4.69) is 28.2 Å². The van der Waals surface area contributed by atoms with Gasteiger partial charge in [-0.2, -0.15) is 0 Å². The predicted molar refractivity (Wildman–Crippen MR) is 81.1 cm³/mol. The van der Waals surface area contributed by atoms with Crippen molar-refractivity contribution in [1.82, 2.24) is 9.97 Å². The van der Waals surface area contributed by atoms with Crippen molar-refractivity contribution in [2.45, 2.75) is 25.4 Å². The Labute approximate surface area is 121 Å². The van der Waals surface area contributed by atoms with Crippen LogP contribution in [0.4, 0.5) is 0 Å². The number of benzene rings is 1. The van der Waals surface area contributed by atoms with Gasteiger partial charge in [-0.05, 0) is 43.0 Å². The fraction of sp³-hybridized carbons (Fsp3) is 0.250. The summed E-state index contributed by atoms with van der Waals surface area (Å²) in [6.45, 7) is 0. The molecule has 1 aromatic carbocycles. The van der Waals surface area contributed by atoms with Crippen LogP contribution in [0.1, 0.15) is 19.3 Å². The Morgan fingerprint density at radius 3 is 3.00 bits per heavy atom. The molecular weight excluding hydrogens is 268 g/mol. The van der Waals surface area contributed by atoms with Crippen molar-refractivity contribution in [3.8, 4) is 16.9 Å². The Balaban J connectivity index is 1.75. The number of aromatic nitrogens is 2. The van der Waals surface area contributed by atoms with Crippen molar-refractivity contribution in [3.05, 3.63) is 42.2 Å². The molecule has 2 aromatic heterocycles. The maximum absolute atomic E-state index is 6.05. The Morgan fingerprint density at radius 2 is 2.15 bits per heavy atom. The Bertz CT molecular complexity index is 749. The highest BCUT2D eigenvalue weighted by molar-refractivity contribution is 7.16. The largest absolute Gasteiger partial charge is 0.488 e. The molecule has 1 aliphatic rings. The van der Waals surface area contributed by atoms with Crippen LogP contribution < -0.4 is 4.74 Å². The quantitative estimate of drug-likeness (QED) is 0.719. The Kier molecular flexibility index (Phi) is 2.89. The lowest BCUT2D eigenvalue weighted by Gasteiger charge is -2.27. The monoisotopic (exact) mass is 282 g/mol. The van der Waals surface area contributed by atoms with E-state index >= 15 is 0 Å². The van der Waals surface area contributed by atoms with Gasteiger partial charge in [-0.1, -0.05) is 6.07 Å². The second kappa shape index (κ2) is 4.87. The van der Waals surface area contributed by atoms with Gasteiger partial charge in [-0.15, -0.1) is 11.3 Å². The maximum atomic E-state index is 6.05. The van der Waals surface area contributed by atoms with E-state index in [1.165, 1.54) is 16.7 Å². The van der Waals surface area contributed by atoms with Gasteiger partial charge in [0.25, 0.3) is 0 Å². The number of fused-ring (bicyclic) bond motifs is 1. The fourth-order valence-corrected chi connectivity index (χ4v) is 3.12. The predicted octanol–water partition coefficient (Wildman–Crippen LogP) is 4.29. The van der Waals surface area contributed by atoms with Gasteiger partial charge < -0.3 is 4.74 Å². The van der Waals surface area contributed by atoms with Crippen LogP contribution in [-0.4, -0.2) is 16.1 Å². The third-order valence-corrected chi connectivity index (χ3v) is 4.56. The van der Waals surface area contributed by atoms with Crippen LogP contribution in [0, 0.1) is 0 Å². The maximum Gasteiger partial charge on any atom is 0.145 e. The minimum atomic E-state index is 0.366. The molecule has 0 aliphatic heterocycles. The number of thiazole rings is 1. The average Bonchev–Trinajstić information content (AvgIpc) is 2.90. The molecule has 100 valence electrons. The number of hydrogen-bond acceptors (Lipinski definition) is 4.